The normalized spacial score (nSPS) is 33.4. The number of anilines is 1. The number of hydrogen-bond donors (Lipinski definition) is 2. The third-order valence-corrected chi connectivity index (χ3v) is 4.22. The molecule has 3 aliphatic rings. The van der Waals surface area contributed by atoms with Crippen molar-refractivity contribution in [2.24, 2.45) is 5.92 Å². The Bertz CT molecular complexity index is 561. The van der Waals surface area contributed by atoms with Crippen LogP contribution in [0, 0.1) is 5.92 Å². The molecule has 2 aliphatic carbocycles. The lowest BCUT2D eigenvalue weighted by atomic mass is 9.81. The number of nitrogen functional groups attached to an aromatic ring is 1. The number of nitrogens with one attached hydrogen (secondary N) is 1. The van der Waals surface area contributed by atoms with Gasteiger partial charge in [-0.1, -0.05) is 12.1 Å². The molecule has 0 aromatic heterocycles. The minimum absolute atomic E-state index is 0.0498. The van der Waals surface area contributed by atoms with Crippen LogP contribution in [0.15, 0.2) is 30.0 Å². The van der Waals surface area contributed by atoms with Crippen LogP contribution in [-0.4, -0.2) is 12.3 Å². The lowest BCUT2D eigenvalue weighted by Crippen LogP contribution is -2.25. The van der Waals surface area contributed by atoms with E-state index in [1.54, 1.807) is 6.08 Å². The SMILES string of the molecule is Nc1cccc2c1C(=O)C=C1NCC3CC123. The van der Waals surface area contributed by atoms with Gasteiger partial charge >= 0.3 is 0 Å². The van der Waals surface area contributed by atoms with Crippen molar-refractivity contribution in [1.82, 2.24) is 5.32 Å². The Morgan fingerprint density at radius 2 is 2.31 bits per heavy atom. The van der Waals surface area contributed by atoms with Gasteiger partial charge in [0.2, 0.25) is 0 Å². The van der Waals surface area contributed by atoms with Gasteiger partial charge in [-0.15, -0.1) is 0 Å². The zero-order valence-electron chi connectivity index (χ0n) is 8.79. The van der Waals surface area contributed by atoms with Crippen molar-refractivity contribution in [2.75, 3.05) is 12.3 Å². The van der Waals surface area contributed by atoms with Crippen LogP contribution in [0.5, 0.6) is 0 Å². The highest BCUT2D eigenvalue weighted by Crippen LogP contribution is 2.63. The summed E-state index contributed by atoms with van der Waals surface area (Å²) in [5.74, 6) is 0.709. The molecule has 0 radical (unpaired) electrons. The van der Waals surface area contributed by atoms with E-state index in [1.807, 2.05) is 12.1 Å². The summed E-state index contributed by atoms with van der Waals surface area (Å²) in [5.41, 5.74) is 9.64. The minimum atomic E-state index is 0.0498. The maximum absolute atomic E-state index is 12.0. The van der Waals surface area contributed by atoms with Gasteiger partial charge in [-0.2, -0.15) is 0 Å². The fraction of sp³-hybridized carbons (Fsp3) is 0.308. The predicted molar refractivity (Wildman–Crippen MR) is 61.1 cm³/mol. The number of nitrogens with two attached hydrogens (primary N) is 1. The first-order valence-corrected chi connectivity index (χ1v) is 5.63. The molecule has 4 rings (SSSR count). The van der Waals surface area contributed by atoms with Gasteiger partial charge in [-0.05, 0) is 24.0 Å². The molecule has 1 saturated heterocycles. The molecule has 1 saturated carbocycles. The number of carbonyl (C=O) groups is 1. The number of allylic oxidation sites excluding steroid dienone is 2. The Morgan fingerprint density at radius 1 is 1.44 bits per heavy atom. The van der Waals surface area contributed by atoms with Crippen LogP contribution in [-0.2, 0) is 5.41 Å². The number of benzene rings is 1. The van der Waals surface area contributed by atoms with Gasteiger partial charge in [0.1, 0.15) is 0 Å². The fourth-order valence-corrected chi connectivity index (χ4v) is 3.37. The van der Waals surface area contributed by atoms with Crippen LogP contribution in [0.3, 0.4) is 0 Å². The van der Waals surface area contributed by atoms with Gasteiger partial charge in [0, 0.05) is 35.0 Å². The second-order valence-corrected chi connectivity index (χ2v) is 4.95. The first kappa shape index (κ1) is 8.39. The Labute approximate surface area is 93.3 Å². The van der Waals surface area contributed by atoms with Gasteiger partial charge in [0.15, 0.2) is 5.78 Å². The number of fused-ring (bicyclic) bond motifs is 1. The van der Waals surface area contributed by atoms with Crippen LogP contribution >= 0.6 is 0 Å². The molecule has 0 amide bonds. The number of piperidine rings is 1. The Hall–Kier alpha value is -1.77. The van der Waals surface area contributed by atoms with Crippen LogP contribution in [0.1, 0.15) is 22.3 Å². The van der Waals surface area contributed by atoms with E-state index in [4.69, 9.17) is 5.73 Å². The van der Waals surface area contributed by atoms with E-state index in [1.165, 1.54) is 0 Å². The molecular weight excluding hydrogens is 200 g/mol. The summed E-state index contributed by atoms with van der Waals surface area (Å²) in [6, 6.07) is 5.82. The Kier molecular flexibility index (Phi) is 1.21. The Balaban J connectivity index is 2.06. The maximum atomic E-state index is 12.0. The van der Waals surface area contributed by atoms with Gasteiger partial charge in [-0.25, -0.2) is 0 Å². The number of carbonyl (C=O) groups excluding carboxylic acids is 1. The summed E-state index contributed by atoms with van der Waals surface area (Å²) in [7, 11) is 0. The zero-order chi connectivity index (χ0) is 10.9. The van der Waals surface area contributed by atoms with Crippen molar-refractivity contribution in [3.8, 4) is 0 Å². The second kappa shape index (κ2) is 2.32. The fourth-order valence-electron chi connectivity index (χ4n) is 3.37. The molecule has 1 aromatic rings. The molecule has 1 spiro atoms. The molecule has 1 aliphatic heterocycles. The highest BCUT2D eigenvalue weighted by atomic mass is 16.1. The van der Waals surface area contributed by atoms with E-state index in [-0.39, 0.29) is 11.2 Å². The summed E-state index contributed by atoms with van der Waals surface area (Å²) in [4.78, 5) is 12.0. The first-order chi connectivity index (χ1) is 7.73. The second-order valence-electron chi connectivity index (χ2n) is 4.95. The van der Waals surface area contributed by atoms with Crippen molar-refractivity contribution in [1.29, 1.82) is 0 Å². The standard InChI is InChI=1S/C13H12N2O/c14-9-3-1-2-8-12(9)10(16)4-11-13(8)5-7(13)6-15-11/h1-4,7,15H,5-6,14H2. The molecule has 0 bridgehead atoms. The Morgan fingerprint density at radius 3 is 3.12 bits per heavy atom. The van der Waals surface area contributed by atoms with E-state index in [0.29, 0.717) is 11.6 Å². The summed E-state index contributed by atoms with van der Waals surface area (Å²) in [5, 5.41) is 3.34. The molecule has 2 fully saturated rings. The van der Waals surface area contributed by atoms with Crippen molar-refractivity contribution < 1.29 is 4.79 Å². The van der Waals surface area contributed by atoms with Gasteiger partial charge in [-0.3, -0.25) is 4.79 Å². The first-order valence-electron chi connectivity index (χ1n) is 5.63. The molecule has 16 heavy (non-hydrogen) atoms. The lowest BCUT2D eigenvalue weighted by molar-refractivity contribution is 0.104. The highest BCUT2D eigenvalue weighted by Gasteiger charge is 2.63. The number of ketones is 1. The van der Waals surface area contributed by atoms with E-state index in [9.17, 15) is 4.79 Å². The molecular formula is C13H12N2O. The third kappa shape index (κ3) is 0.722. The molecule has 3 nitrogen and oxygen atoms in total. The molecule has 2 atom stereocenters. The summed E-state index contributed by atoms with van der Waals surface area (Å²) in [6.07, 6.45) is 2.90. The van der Waals surface area contributed by atoms with E-state index < -0.39 is 0 Å². The summed E-state index contributed by atoms with van der Waals surface area (Å²) < 4.78 is 0. The monoisotopic (exact) mass is 212 g/mol. The molecule has 1 aromatic carbocycles. The summed E-state index contributed by atoms with van der Waals surface area (Å²) in [6.45, 7) is 0.993. The molecule has 80 valence electrons. The van der Waals surface area contributed by atoms with Gasteiger partial charge < -0.3 is 11.1 Å². The van der Waals surface area contributed by atoms with E-state index in [0.717, 1.165) is 29.8 Å². The third-order valence-electron chi connectivity index (χ3n) is 4.22. The smallest absolute Gasteiger partial charge is 0.189 e. The largest absolute Gasteiger partial charge is 0.398 e. The predicted octanol–water partition coefficient (Wildman–Crippen LogP) is 1.21. The van der Waals surface area contributed by atoms with Gasteiger partial charge in [0.25, 0.3) is 0 Å². The van der Waals surface area contributed by atoms with Gasteiger partial charge in [0.05, 0.1) is 0 Å². The molecule has 3 heteroatoms. The highest BCUT2D eigenvalue weighted by molar-refractivity contribution is 6.12. The van der Waals surface area contributed by atoms with Crippen molar-refractivity contribution in [3.63, 3.8) is 0 Å². The van der Waals surface area contributed by atoms with E-state index in [2.05, 4.69) is 11.4 Å². The molecule has 1 heterocycles. The van der Waals surface area contributed by atoms with Crippen molar-refractivity contribution in [2.45, 2.75) is 11.8 Å². The topological polar surface area (TPSA) is 55.1 Å². The van der Waals surface area contributed by atoms with Crippen LogP contribution in [0.25, 0.3) is 0 Å². The van der Waals surface area contributed by atoms with E-state index >= 15 is 0 Å². The van der Waals surface area contributed by atoms with Crippen LogP contribution in [0.2, 0.25) is 0 Å². The molecule has 3 N–H and O–H groups in total. The maximum Gasteiger partial charge on any atom is 0.189 e. The summed E-state index contributed by atoms with van der Waals surface area (Å²) >= 11 is 0. The molecule has 2 unspecified atom stereocenters. The average molecular weight is 212 g/mol. The van der Waals surface area contributed by atoms with Crippen LogP contribution < -0.4 is 11.1 Å². The van der Waals surface area contributed by atoms with Crippen LogP contribution in [0.4, 0.5) is 5.69 Å². The minimum Gasteiger partial charge on any atom is -0.398 e. The lowest BCUT2D eigenvalue weighted by Gasteiger charge is -2.24. The number of hydrogen-bond acceptors (Lipinski definition) is 3. The van der Waals surface area contributed by atoms with Crippen molar-refractivity contribution in [3.05, 3.63) is 41.1 Å². The van der Waals surface area contributed by atoms with Crippen molar-refractivity contribution >= 4 is 11.5 Å². The number of rotatable bonds is 0. The average Bonchev–Trinajstić information content (AvgIpc) is 2.89. The zero-order valence-corrected chi connectivity index (χ0v) is 8.79. The quantitative estimate of drug-likeness (QED) is 0.635.